The van der Waals surface area contributed by atoms with Gasteiger partial charge in [0.1, 0.15) is 5.82 Å². The Balaban J connectivity index is 2.39. The number of nitrogens with zero attached hydrogens (tertiary/aromatic N) is 3. The minimum absolute atomic E-state index is 0.183. The van der Waals surface area contributed by atoms with Crippen molar-refractivity contribution >= 4 is 10.0 Å². The van der Waals surface area contributed by atoms with E-state index in [4.69, 9.17) is 5.14 Å². The Morgan fingerprint density at radius 1 is 1.32 bits per heavy atom. The fraction of sp³-hybridized carbons (Fsp3) is 0.333. The van der Waals surface area contributed by atoms with Crippen molar-refractivity contribution < 1.29 is 8.42 Å². The summed E-state index contributed by atoms with van der Waals surface area (Å²) >= 11 is 0. The second-order valence-electron chi connectivity index (χ2n) is 4.35. The number of nitrogens with two attached hydrogens (primary N) is 1. The summed E-state index contributed by atoms with van der Waals surface area (Å²) in [5.41, 5.74) is 2.20. The molecule has 0 unspecified atom stereocenters. The van der Waals surface area contributed by atoms with Crippen LogP contribution in [0.4, 0.5) is 0 Å². The van der Waals surface area contributed by atoms with Crippen LogP contribution in [0.5, 0.6) is 0 Å². The summed E-state index contributed by atoms with van der Waals surface area (Å²) in [6, 6.07) is 7.96. The van der Waals surface area contributed by atoms with Crippen LogP contribution in [0.25, 0.3) is 0 Å². The fourth-order valence-electron chi connectivity index (χ4n) is 1.98. The summed E-state index contributed by atoms with van der Waals surface area (Å²) in [7, 11) is -3.84. The molecule has 0 spiro atoms. The molecule has 0 aliphatic carbocycles. The second kappa shape index (κ2) is 5.10. The van der Waals surface area contributed by atoms with Crippen LogP contribution >= 0.6 is 0 Å². The molecule has 0 saturated heterocycles. The topological polar surface area (TPSA) is 90.9 Å². The first-order valence-electron chi connectivity index (χ1n) is 5.92. The van der Waals surface area contributed by atoms with Crippen LogP contribution < -0.4 is 5.14 Å². The SMILES string of the molecule is CCn1c(Cc2cccc(C)c2)nnc1S(N)(=O)=O. The Hall–Kier alpha value is -1.73. The zero-order chi connectivity index (χ0) is 14.0. The second-order valence-corrected chi connectivity index (χ2v) is 5.81. The number of rotatable bonds is 4. The third-order valence-electron chi connectivity index (χ3n) is 2.81. The number of benzene rings is 1. The van der Waals surface area contributed by atoms with Gasteiger partial charge in [0.05, 0.1) is 0 Å². The van der Waals surface area contributed by atoms with Gasteiger partial charge in [0.2, 0.25) is 0 Å². The van der Waals surface area contributed by atoms with E-state index in [1.54, 1.807) is 0 Å². The molecule has 2 rings (SSSR count). The molecule has 1 aromatic carbocycles. The van der Waals surface area contributed by atoms with Crippen molar-refractivity contribution in [3.8, 4) is 0 Å². The predicted molar refractivity (Wildman–Crippen MR) is 71.1 cm³/mol. The molecule has 0 atom stereocenters. The lowest BCUT2D eigenvalue weighted by Gasteiger charge is -2.06. The van der Waals surface area contributed by atoms with Gasteiger partial charge >= 0.3 is 0 Å². The maximum atomic E-state index is 11.4. The molecule has 0 aliphatic heterocycles. The number of aryl methyl sites for hydroxylation is 1. The van der Waals surface area contributed by atoms with Crippen molar-refractivity contribution in [3.05, 3.63) is 41.2 Å². The molecule has 102 valence electrons. The molecule has 6 nitrogen and oxygen atoms in total. The Morgan fingerprint density at radius 3 is 2.63 bits per heavy atom. The number of sulfonamides is 1. The van der Waals surface area contributed by atoms with Gasteiger partial charge in [-0.25, -0.2) is 13.6 Å². The van der Waals surface area contributed by atoms with E-state index in [-0.39, 0.29) is 5.16 Å². The first-order valence-corrected chi connectivity index (χ1v) is 7.47. The molecule has 2 aromatic rings. The highest BCUT2D eigenvalue weighted by Gasteiger charge is 2.20. The smallest absolute Gasteiger partial charge is 0.273 e. The molecule has 0 saturated carbocycles. The maximum absolute atomic E-state index is 11.4. The summed E-state index contributed by atoms with van der Waals surface area (Å²) in [5, 5.41) is 12.5. The first kappa shape index (κ1) is 13.7. The molecule has 2 N–H and O–H groups in total. The predicted octanol–water partition coefficient (Wildman–Crippen LogP) is 0.845. The van der Waals surface area contributed by atoms with Crippen LogP contribution in [0.1, 0.15) is 23.9 Å². The first-order chi connectivity index (χ1) is 8.91. The van der Waals surface area contributed by atoms with E-state index < -0.39 is 10.0 Å². The van der Waals surface area contributed by atoms with Crippen molar-refractivity contribution in [2.75, 3.05) is 0 Å². The molecule has 0 radical (unpaired) electrons. The van der Waals surface area contributed by atoms with Crippen molar-refractivity contribution in [1.82, 2.24) is 14.8 Å². The van der Waals surface area contributed by atoms with E-state index in [0.717, 1.165) is 11.1 Å². The average Bonchev–Trinajstić information content (AvgIpc) is 2.71. The molecule has 0 amide bonds. The summed E-state index contributed by atoms with van der Waals surface area (Å²) in [5.74, 6) is 0.595. The maximum Gasteiger partial charge on any atom is 0.273 e. The quantitative estimate of drug-likeness (QED) is 0.898. The summed E-state index contributed by atoms with van der Waals surface area (Å²) < 4.78 is 24.3. The molecule has 0 bridgehead atoms. The van der Waals surface area contributed by atoms with Gasteiger partial charge in [0, 0.05) is 13.0 Å². The van der Waals surface area contributed by atoms with Crippen LogP contribution in [0, 0.1) is 6.92 Å². The van der Waals surface area contributed by atoms with Gasteiger partial charge in [0.15, 0.2) is 0 Å². The summed E-state index contributed by atoms with van der Waals surface area (Å²) in [4.78, 5) is 0. The summed E-state index contributed by atoms with van der Waals surface area (Å²) in [6.07, 6.45) is 0.526. The minimum Gasteiger partial charge on any atom is -0.301 e. The largest absolute Gasteiger partial charge is 0.301 e. The van der Waals surface area contributed by atoms with E-state index >= 15 is 0 Å². The average molecular weight is 280 g/mol. The van der Waals surface area contributed by atoms with Gasteiger partial charge in [0.25, 0.3) is 15.2 Å². The molecule has 1 aromatic heterocycles. The Morgan fingerprint density at radius 2 is 2.05 bits per heavy atom. The van der Waals surface area contributed by atoms with E-state index in [1.165, 1.54) is 4.57 Å². The molecule has 1 heterocycles. The van der Waals surface area contributed by atoms with Crippen molar-refractivity contribution in [3.63, 3.8) is 0 Å². The van der Waals surface area contributed by atoms with Crippen LogP contribution in [0.2, 0.25) is 0 Å². The van der Waals surface area contributed by atoms with Gasteiger partial charge < -0.3 is 4.57 Å². The molecule has 0 aliphatic rings. The minimum atomic E-state index is -3.84. The summed E-state index contributed by atoms with van der Waals surface area (Å²) in [6.45, 7) is 4.29. The Labute approximate surface area is 112 Å². The lowest BCUT2D eigenvalue weighted by molar-refractivity contribution is 0.565. The third kappa shape index (κ3) is 2.99. The number of hydrogen-bond donors (Lipinski definition) is 1. The van der Waals surface area contributed by atoms with E-state index in [2.05, 4.69) is 10.2 Å². The van der Waals surface area contributed by atoms with Crippen LogP contribution in [0.15, 0.2) is 29.4 Å². The number of primary sulfonamides is 1. The lowest BCUT2D eigenvalue weighted by atomic mass is 10.1. The van der Waals surface area contributed by atoms with Gasteiger partial charge in [-0.05, 0) is 19.4 Å². The highest BCUT2D eigenvalue weighted by Crippen LogP contribution is 2.13. The van der Waals surface area contributed by atoms with E-state index in [0.29, 0.717) is 18.8 Å². The van der Waals surface area contributed by atoms with Gasteiger partial charge in [-0.2, -0.15) is 0 Å². The van der Waals surface area contributed by atoms with Crippen molar-refractivity contribution in [2.45, 2.75) is 32.0 Å². The normalized spacial score (nSPS) is 11.7. The third-order valence-corrected chi connectivity index (χ3v) is 3.62. The van der Waals surface area contributed by atoms with Crippen LogP contribution in [-0.2, 0) is 23.0 Å². The monoisotopic (exact) mass is 280 g/mol. The zero-order valence-corrected chi connectivity index (χ0v) is 11.7. The standard InChI is InChI=1S/C12H16N4O2S/c1-3-16-11(14-15-12(16)19(13,17)18)8-10-6-4-5-9(2)7-10/h4-7H,3,8H2,1-2H3,(H2,13,17,18). The molecule has 19 heavy (non-hydrogen) atoms. The van der Waals surface area contributed by atoms with E-state index in [1.807, 2.05) is 38.1 Å². The molecular weight excluding hydrogens is 264 g/mol. The van der Waals surface area contributed by atoms with Crippen molar-refractivity contribution in [2.24, 2.45) is 5.14 Å². The number of hydrogen-bond acceptors (Lipinski definition) is 4. The Bertz CT molecular complexity index is 692. The lowest BCUT2D eigenvalue weighted by Crippen LogP contribution is -2.19. The Kier molecular flexibility index (Phi) is 3.68. The van der Waals surface area contributed by atoms with Gasteiger partial charge in [-0.3, -0.25) is 0 Å². The molecule has 7 heteroatoms. The van der Waals surface area contributed by atoms with E-state index in [9.17, 15) is 8.42 Å². The zero-order valence-electron chi connectivity index (χ0n) is 10.9. The fourth-order valence-corrected chi connectivity index (χ4v) is 2.68. The molecular formula is C12H16N4O2S. The molecule has 0 fully saturated rings. The highest BCUT2D eigenvalue weighted by molar-refractivity contribution is 7.89. The van der Waals surface area contributed by atoms with Crippen LogP contribution in [-0.4, -0.2) is 23.2 Å². The van der Waals surface area contributed by atoms with Gasteiger partial charge in [-0.15, -0.1) is 10.2 Å². The number of aromatic nitrogens is 3. The van der Waals surface area contributed by atoms with Crippen LogP contribution in [0.3, 0.4) is 0 Å². The van der Waals surface area contributed by atoms with Gasteiger partial charge in [-0.1, -0.05) is 29.8 Å². The highest BCUT2D eigenvalue weighted by atomic mass is 32.2. The van der Waals surface area contributed by atoms with Crippen molar-refractivity contribution in [1.29, 1.82) is 0 Å².